The third kappa shape index (κ3) is 5.63. The van der Waals surface area contributed by atoms with Crippen molar-refractivity contribution < 1.29 is 29.0 Å². The molecule has 8 nitrogen and oxygen atoms in total. The van der Waals surface area contributed by atoms with Gasteiger partial charge in [-0.05, 0) is 50.9 Å². The second-order valence-electron chi connectivity index (χ2n) is 12.3. The van der Waals surface area contributed by atoms with E-state index in [-0.39, 0.29) is 36.9 Å². The van der Waals surface area contributed by atoms with Gasteiger partial charge in [-0.1, -0.05) is 59.1 Å². The molecule has 226 valence electrons. The summed E-state index contributed by atoms with van der Waals surface area (Å²) in [6, 6.07) is -1.48. The number of carbonyl (C=O) groups is 3. The largest absolute Gasteiger partial charge is 0.465 e. The molecule has 3 unspecified atom stereocenters. The Morgan fingerprint density at radius 1 is 1.23 bits per heavy atom. The highest BCUT2D eigenvalue weighted by atomic mass is 16.6. The number of unbranched alkanes of at least 4 members (excludes halogenated alkanes) is 4. The molecule has 0 aromatic heterocycles. The van der Waals surface area contributed by atoms with Crippen molar-refractivity contribution in [2.24, 2.45) is 23.7 Å². The summed E-state index contributed by atoms with van der Waals surface area (Å²) < 4.78 is 12.6. The summed E-state index contributed by atoms with van der Waals surface area (Å²) in [5, 5.41) is 10.5. The van der Waals surface area contributed by atoms with E-state index in [0.29, 0.717) is 25.9 Å². The van der Waals surface area contributed by atoms with Crippen molar-refractivity contribution in [3.8, 4) is 0 Å². The minimum atomic E-state index is -1.15. The van der Waals surface area contributed by atoms with Crippen molar-refractivity contribution in [2.45, 2.75) is 109 Å². The number of nitrogens with zero attached hydrogens (tertiary/aromatic N) is 2. The number of amides is 2. The molecule has 0 radical (unpaired) electrons. The van der Waals surface area contributed by atoms with Gasteiger partial charge in [0.15, 0.2) is 0 Å². The number of likely N-dealkylation sites (tertiary alicyclic amines) is 1. The van der Waals surface area contributed by atoms with Crippen LogP contribution in [0.3, 0.4) is 0 Å². The van der Waals surface area contributed by atoms with Crippen molar-refractivity contribution in [1.29, 1.82) is 0 Å². The molecule has 3 fully saturated rings. The van der Waals surface area contributed by atoms with Crippen LogP contribution in [0.1, 0.15) is 86.0 Å². The highest BCUT2D eigenvalue weighted by Gasteiger charge is 2.80. The Labute approximate surface area is 241 Å². The fourth-order valence-electron chi connectivity index (χ4n) is 7.31. The Hall–Kier alpha value is -2.19. The Bertz CT molecular complexity index is 938. The smallest absolute Gasteiger partial charge is 0.312 e. The van der Waals surface area contributed by atoms with E-state index in [4.69, 9.17) is 9.47 Å². The van der Waals surface area contributed by atoms with E-state index in [1.54, 1.807) is 15.9 Å². The molecule has 8 atom stereocenters. The molecule has 2 amide bonds. The molecule has 0 saturated carbocycles. The van der Waals surface area contributed by atoms with Crippen molar-refractivity contribution in [3.63, 3.8) is 0 Å². The first-order chi connectivity index (χ1) is 19.1. The first-order valence-corrected chi connectivity index (χ1v) is 15.4. The van der Waals surface area contributed by atoms with Crippen LogP contribution in [0.2, 0.25) is 0 Å². The second-order valence-corrected chi connectivity index (χ2v) is 12.3. The third-order valence-corrected chi connectivity index (χ3v) is 9.83. The summed E-state index contributed by atoms with van der Waals surface area (Å²) in [4.78, 5) is 46.0. The van der Waals surface area contributed by atoms with Crippen LogP contribution in [-0.2, 0) is 23.9 Å². The topological polar surface area (TPSA) is 96.4 Å². The summed E-state index contributed by atoms with van der Waals surface area (Å²) in [5.41, 5.74) is -2.07. The van der Waals surface area contributed by atoms with Crippen molar-refractivity contribution in [3.05, 3.63) is 25.3 Å². The van der Waals surface area contributed by atoms with Gasteiger partial charge in [-0.3, -0.25) is 14.4 Å². The van der Waals surface area contributed by atoms with Crippen LogP contribution >= 0.6 is 0 Å². The van der Waals surface area contributed by atoms with Crippen LogP contribution in [0, 0.1) is 23.7 Å². The summed E-state index contributed by atoms with van der Waals surface area (Å²) >= 11 is 0. The lowest BCUT2D eigenvalue weighted by Crippen LogP contribution is -2.60. The Morgan fingerprint density at radius 2 is 1.95 bits per heavy atom. The van der Waals surface area contributed by atoms with Gasteiger partial charge < -0.3 is 24.4 Å². The van der Waals surface area contributed by atoms with E-state index in [1.165, 1.54) is 0 Å². The molecule has 3 saturated heterocycles. The zero-order valence-corrected chi connectivity index (χ0v) is 25.4. The number of hydrogen-bond donors (Lipinski definition) is 1. The van der Waals surface area contributed by atoms with Crippen LogP contribution in [0.15, 0.2) is 25.3 Å². The number of fused-ring (bicyclic) bond motifs is 1. The Balaban J connectivity index is 2.05. The zero-order valence-electron chi connectivity index (χ0n) is 25.4. The van der Waals surface area contributed by atoms with Crippen LogP contribution in [0.25, 0.3) is 0 Å². The van der Waals surface area contributed by atoms with E-state index in [0.717, 1.165) is 38.5 Å². The number of rotatable bonds is 17. The number of ether oxygens (including phenoxy) is 2. The molecule has 0 aromatic carbocycles. The quantitative estimate of drug-likeness (QED) is 0.160. The predicted octanol–water partition coefficient (Wildman–Crippen LogP) is 4.51. The number of hydrogen-bond acceptors (Lipinski definition) is 6. The minimum absolute atomic E-state index is 0.0482. The number of carbonyl (C=O) groups excluding carboxylic acids is 3. The number of aliphatic hydroxyl groups excluding tert-OH is 1. The second kappa shape index (κ2) is 13.6. The van der Waals surface area contributed by atoms with Gasteiger partial charge in [-0.15, -0.1) is 13.2 Å². The lowest BCUT2D eigenvalue weighted by molar-refractivity contribution is -0.164. The van der Waals surface area contributed by atoms with Gasteiger partial charge in [0.1, 0.15) is 17.6 Å². The number of esters is 1. The maximum atomic E-state index is 14.5. The first kappa shape index (κ1) is 32.3. The maximum absolute atomic E-state index is 14.5. The molecule has 3 heterocycles. The fourth-order valence-corrected chi connectivity index (χ4v) is 7.31. The molecule has 40 heavy (non-hydrogen) atoms. The average molecular weight is 561 g/mol. The van der Waals surface area contributed by atoms with Gasteiger partial charge in [0, 0.05) is 13.1 Å². The third-order valence-electron chi connectivity index (χ3n) is 9.83. The molecule has 3 aliphatic rings. The van der Waals surface area contributed by atoms with E-state index in [2.05, 4.69) is 20.1 Å². The van der Waals surface area contributed by atoms with E-state index >= 15 is 0 Å². The first-order valence-electron chi connectivity index (χ1n) is 15.4. The fraction of sp³-hybridized carbons (Fsp3) is 0.781. The van der Waals surface area contributed by atoms with Gasteiger partial charge in [0.25, 0.3) is 0 Å². The number of allylic oxidation sites excluding steroid dienone is 1. The lowest BCUT2D eigenvalue weighted by Gasteiger charge is -2.41. The Kier molecular flexibility index (Phi) is 11.0. The zero-order chi connectivity index (χ0) is 29.7. The van der Waals surface area contributed by atoms with Gasteiger partial charge in [-0.2, -0.15) is 0 Å². The van der Waals surface area contributed by atoms with Crippen LogP contribution in [-0.4, -0.2) is 82.3 Å². The summed E-state index contributed by atoms with van der Waals surface area (Å²) in [7, 11) is 0. The molecule has 8 heteroatoms. The van der Waals surface area contributed by atoms with Crippen molar-refractivity contribution in [2.75, 3.05) is 26.3 Å². The number of aliphatic hydroxyl groups is 1. The highest BCUT2D eigenvalue weighted by Crippen LogP contribution is 2.65. The molecule has 1 spiro atoms. The SMILES string of the molecule is C=CCCCCOC(=O)[C@H]1[C@H]2C(=O)N([C@@H](CO)[C@@H](C)CC)C(C(=O)N(CC=C)CCCCC)C23CC(C)[C@]1(C)O3. The molecular formula is C32H52N2O6. The van der Waals surface area contributed by atoms with Crippen LogP contribution in [0.5, 0.6) is 0 Å². The maximum Gasteiger partial charge on any atom is 0.312 e. The minimum Gasteiger partial charge on any atom is -0.465 e. The molecule has 0 aliphatic carbocycles. The van der Waals surface area contributed by atoms with Crippen molar-refractivity contribution in [1.82, 2.24) is 9.80 Å². The highest BCUT2D eigenvalue weighted by molar-refractivity contribution is 5.98. The monoisotopic (exact) mass is 560 g/mol. The van der Waals surface area contributed by atoms with Gasteiger partial charge in [0.05, 0.1) is 30.8 Å². The van der Waals surface area contributed by atoms with Gasteiger partial charge >= 0.3 is 5.97 Å². The van der Waals surface area contributed by atoms with Crippen LogP contribution in [0.4, 0.5) is 0 Å². The average Bonchev–Trinajstić information content (AvgIpc) is 3.44. The van der Waals surface area contributed by atoms with E-state index in [1.807, 2.05) is 33.8 Å². The van der Waals surface area contributed by atoms with Gasteiger partial charge in [-0.25, -0.2) is 0 Å². The lowest BCUT2D eigenvalue weighted by atomic mass is 9.62. The summed E-state index contributed by atoms with van der Waals surface area (Å²) in [6.07, 6.45) is 10.0. The Morgan fingerprint density at radius 3 is 2.55 bits per heavy atom. The summed E-state index contributed by atoms with van der Waals surface area (Å²) in [5.74, 6) is -2.66. The standard InChI is InChI=1S/C32H52N2O6/c1-8-12-14-16-19-39-30(38)26-25-28(36)34(24(21-35)22(5)11-4)27(32(25)20-23(6)31(26,7)40-32)29(37)33(17-10-3)18-15-13-9-2/h8,10,22-27,35H,1,3,9,11-21H2,2,4-7H3/t22-,23?,24-,25-,26+,27?,31-,32?/m0/s1. The molecule has 3 aliphatic heterocycles. The molecule has 0 aromatic rings. The summed E-state index contributed by atoms with van der Waals surface area (Å²) in [6.45, 7) is 18.6. The molecule has 1 N–H and O–H groups in total. The van der Waals surface area contributed by atoms with Crippen molar-refractivity contribution >= 4 is 17.8 Å². The normalized spacial score (nSPS) is 32.0. The van der Waals surface area contributed by atoms with E-state index in [9.17, 15) is 19.5 Å². The molecule has 3 rings (SSSR count). The van der Waals surface area contributed by atoms with E-state index < -0.39 is 41.1 Å². The molecule has 2 bridgehead atoms. The molecular weight excluding hydrogens is 508 g/mol. The predicted molar refractivity (Wildman–Crippen MR) is 155 cm³/mol. The van der Waals surface area contributed by atoms with Crippen LogP contribution < -0.4 is 0 Å². The van der Waals surface area contributed by atoms with Gasteiger partial charge in [0.2, 0.25) is 11.8 Å².